The van der Waals surface area contributed by atoms with Gasteiger partial charge in [0.1, 0.15) is 11.5 Å². The van der Waals surface area contributed by atoms with E-state index >= 15 is 0 Å². The molecule has 2 aromatic rings. The molecule has 0 bridgehead atoms. The molecule has 0 amide bonds. The maximum Gasteiger partial charge on any atom is 0.416 e. The first-order valence-corrected chi connectivity index (χ1v) is 7.56. The minimum absolute atomic E-state index is 0.0260. The first kappa shape index (κ1) is 19.6. The fraction of sp³-hybridized carbons (Fsp3) is 0.222. The molecule has 0 aromatic heterocycles. The van der Waals surface area contributed by atoms with E-state index in [1.807, 2.05) is 0 Å². The standard InChI is InChI=1S/C18H15F4NO3/c1-23-14(16(24)17(19)25)10-11-4-2-3-5-15(11)26-13-8-6-12(7-9-13)18(20,21)22/h2-9,14,23H,10H2,1H3/t14-/m0/s1. The Morgan fingerprint density at radius 3 is 2.23 bits per heavy atom. The maximum atomic E-state index is 12.7. The summed E-state index contributed by atoms with van der Waals surface area (Å²) in [5, 5.41) is 2.56. The number of rotatable bonds is 7. The number of hydrogen-bond acceptors (Lipinski definition) is 4. The Labute approximate surface area is 146 Å². The SMILES string of the molecule is CN[C@@H](Cc1ccccc1Oc1ccc(C(F)(F)F)cc1)C(=O)C(=O)F. The van der Waals surface area contributed by atoms with E-state index in [2.05, 4.69) is 5.32 Å². The van der Waals surface area contributed by atoms with Crippen molar-refractivity contribution in [2.45, 2.75) is 18.6 Å². The van der Waals surface area contributed by atoms with Crippen molar-refractivity contribution in [3.05, 3.63) is 59.7 Å². The highest BCUT2D eigenvalue weighted by Gasteiger charge is 2.30. The maximum absolute atomic E-state index is 12.7. The number of Topliss-reactive ketones (excluding diaryl/α,β-unsaturated/α-hetero) is 1. The zero-order valence-electron chi connectivity index (χ0n) is 13.6. The van der Waals surface area contributed by atoms with Crippen molar-refractivity contribution in [2.75, 3.05) is 7.05 Å². The Balaban J connectivity index is 2.21. The van der Waals surface area contributed by atoms with Gasteiger partial charge >= 0.3 is 12.2 Å². The highest BCUT2D eigenvalue weighted by molar-refractivity contribution is 6.35. The monoisotopic (exact) mass is 369 g/mol. The minimum atomic E-state index is -4.45. The van der Waals surface area contributed by atoms with Gasteiger partial charge in [-0.3, -0.25) is 9.59 Å². The molecule has 0 aliphatic carbocycles. The normalized spacial score (nSPS) is 12.5. The van der Waals surface area contributed by atoms with E-state index in [1.165, 1.54) is 19.2 Å². The molecular weight excluding hydrogens is 354 g/mol. The van der Waals surface area contributed by atoms with Gasteiger partial charge in [-0.25, -0.2) is 0 Å². The summed E-state index contributed by atoms with van der Waals surface area (Å²) in [5.74, 6) is -0.761. The predicted octanol–water partition coefficient (Wildman–Crippen LogP) is 3.69. The number of alkyl halides is 3. The third kappa shape index (κ3) is 4.89. The van der Waals surface area contributed by atoms with Gasteiger partial charge in [0, 0.05) is 0 Å². The van der Waals surface area contributed by atoms with Crippen LogP contribution in [-0.4, -0.2) is 24.9 Å². The topological polar surface area (TPSA) is 55.4 Å². The summed E-state index contributed by atoms with van der Waals surface area (Å²) in [4.78, 5) is 22.2. The van der Waals surface area contributed by atoms with E-state index in [9.17, 15) is 27.2 Å². The van der Waals surface area contributed by atoms with Crippen LogP contribution in [0.1, 0.15) is 11.1 Å². The first-order valence-electron chi connectivity index (χ1n) is 7.56. The molecule has 0 unspecified atom stereocenters. The van der Waals surface area contributed by atoms with Crippen LogP contribution < -0.4 is 10.1 Å². The van der Waals surface area contributed by atoms with Crippen molar-refractivity contribution < 1.29 is 31.9 Å². The quantitative estimate of drug-likeness (QED) is 0.459. The first-order chi connectivity index (χ1) is 12.2. The van der Waals surface area contributed by atoms with Crippen molar-refractivity contribution in [1.29, 1.82) is 0 Å². The van der Waals surface area contributed by atoms with Crippen LogP contribution in [0.3, 0.4) is 0 Å². The number of carbonyl (C=O) groups excluding carboxylic acids is 2. The molecule has 0 radical (unpaired) electrons. The second-order valence-corrected chi connectivity index (χ2v) is 5.42. The van der Waals surface area contributed by atoms with Crippen LogP contribution in [-0.2, 0) is 22.2 Å². The number of halogens is 4. The van der Waals surface area contributed by atoms with Crippen LogP contribution in [0.4, 0.5) is 17.6 Å². The van der Waals surface area contributed by atoms with Gasteiger partial charge in [-0.2, -0.15) is 17.6 Å². The van der Waals surface area contributed by atoms with Crippen LogP contribution in [0, 0.1) is 0 Å². The van der Waals surface area contributed by atoms with Gasteiger partial charge < -0.3 is 10.1 Å². The lowest BCUT2D eigenvalue weighted by Gasteiger charge is -2.16. The van der Waals surface area contributed by atoms with E-state index in [1.54, 1.807) is 24.3 Å². The number of benzene rings is 2. The van der Waals surface area contributed by atoms with Gasteiger partial charge in [-0.05, 0) is 49.4 Å². The molecule has 8 heteroatoms. The molecule has 0 aliphatic heterocycles. The molecule has 0 aliphatic rings. The molecule has 2 aromatic carbocycles. The number of carbonyl (C=O) groups is 2. The number of ether oxygens (including phenoxy) is 1. The third-order valence-corrected chi connectivity index (χ3v) is 3.66. The second kappa shape index (κ2) is 8.09. The summed E-state index contributed by atoms with van der Waals surface area (Å²) in [6.45, 7) is 0. The molecule has 0 spiro atoms. The van der Waals surface area contributed by atoms with Crippen molar-refractivity contribution in [2.24, 2.45) is 0 Å². The number of hydrogen-bond donors (Lipinski definition) is 1. The van der Waals surface area contributed by atoms with Crippen molar-refractivity contribution >= 4 is 11.8 Å². The Kier molecular flexibility index (Phi) is 6.10. The largest absolute Gasteiger partial charge is 0.457 e. The lowest BCUT2D eigenvalue weighted by atomic mass is 10.0. The fourth-order valence-corrected chi connectivity index (χ4v) is 2.29. The summed E-state index contributed by atoms with van der Waals surface area (Å²) in [6.07, 6.45) is -4.47. The van der Waals surface area contributed by atoms with Crippen LogP contribution in [0.25, 0.3) is 0 Å². The lowest BCUT2D eigenvalue weighted by Crippen LogP contribution is -2.39. The van der Waals surface area contributed by atoms with E-state index in [-0.39, 0.29) is 17.9 Å². The average molecular weight is 369 g/mol. The third-order valence-electron chi connectivity index (χ3n) is 3.66. The molecule has 1 N–H and O–H groups in total. The van der Waals surface area contributed by atoms with Crippen LogP contribution >= 0.6 is 0 Å². The molecule has 0 fully saturated rings. The lowest BCUT2D eigenvalue weighted by molar-refractivity contribution is -0.144. The van der Waals surface area contributed by atoms with Crippen LogP contribution in [0.5, 0.6) is 11.5 Å². The van der Waals surface area contributed by atoms with Gasteiger partial charge in [0.2, 0.25) is 5.78 Å². The predicted molar refractivity (Wildman–Crippen MR) is 85.6 cm³/mol. The smallest absolute Gasteiger partial charge is 0.416 e. The van der Waals surface area contributed by atoms with E-state index in [4.69, 9.17) is 4.74 Å². The van der Waals surface area contributed by atoms with Gasteiger partial charge in [0.05, 0.1) is 11.6 Å². The zero-order valence-corrected chi connectivity index (χ0v) is 13.6. The molecule has 26 heavy (non-hydrogen) atoms. The summed E-state index contributed by atoms with van der Waals surface area (Å²) >= 11 is 0. The van der Waals surface area contributed by atoms with Gasteiger partial charge in [0.25, 0.3) is 0 Å². The van der Waals surface area contributed by atoms with Crippen molar-refractivity contribution in [3.63, 3.8) is 0 Å². The molecule has 1 atom stereocenters. The Bertz CT molecular complexity index is 788. The van der Waals surface area contributed by atoms with Gasteiger partial charge in [-0.15, -0.1) is 0 Å². The number of para-hydroxylation sites is 1. The van der Waals surface area contributed by atoms with Crippen molar-refractivity contribution in [3.8, 4) is 11.5 Å². The van der Waals surface area contributed by atoms with E-state index in [0.717, 1.165) is 12.1 Å². The average Bonchev–Trinajstić information content (AvgIpc) is 2.60. The van der Waals surface area contributed by atoms with Gasteiger partial charge in [-0.1, -0.05) is 18.2 Å². The van der Waals surface area contributed by atoms with E-state index in [0.29, 0.717) is 5.56 Å². The highest BCUT2D eigenvalue weighted by atomic mass is 19.4. The van der Waals surface area contributed by atoms with Crippen molar-refractivity contribution in [1.82, 2.24) is 5.32 Å². The van der Waals surface area contributed by atoms with Gasteiger partial charge in [0.15, 0.2) is 0 Å². The number of nitrogens with one attached hydrogen (secondary N) is 1. The number of likely N-dealkylation sites (N-methyl/N-ethyl adjacent to an activating group) is 1. The highest BCUT2D eigenvalue weighted by Crippen LogP contribution is 2.32. The Morgan fingerprint density at radius 2 is 1.69 bits per heavy atom. The molecule has 0 heterocycles. The molecule has 0 saturated heterocycles. The zero-order chi connectivity index (χ0) is 19.3. The minimum Gasteiger partial charge on any atom is -0.457 e. The summed E-state index contributed by atoms with van der Waals surface area (Å²) in [6, 6.07) is 7.45. The molecule has 0 saturated carbocycles. The fourth-order valence-electron chi connectivity index (χ4n) is 2.29. The molecular formula is C18H15F4NO3. The van der Waals surface area contributed by atoms with E-state index < -0.39 is 29.6 Å². The Morgan fingerprint density at radius 1 is 1.08 bits per heavy atom. The molecule has 4 nitrogen and oxygen atoms in total. The van der Waals surface area contributed by atoms with Crippen LogP contribution in [0.15, 0.2) is 48.5 Å². The van der Waals surface area contributed by atoms with Crippen LogP contribution in [0.2, 0.25) is 0 Å². The summed E-state index contributed by atoms with van der Waals surface area (Å²) in [5.41, 5.74) is -0.318. The number of ketones is 1. The summed E-state index contributed by atoms with van der Waals surface area (Å²) in [7, 11) is 1.41. The summed E-state index contributed by atoms with van der Waals surface area (Å²) < 4.78 is 56.0. The molecule has 138 valence electrons. The Hall–Kier alpha value is -2.74. The molecule has 2 rings (SSSR count). The second-order valence-electron chi connectivity index (χ2n) is 5.42.